The third-order valence-electron chi connectivity index (χ3n) is 3.35. The van der Waals surface area contributed by atoms with Crippen LogP contribution >= 0.6 is 7.60 Å². The van der Waals surface area contributed by atoms with Crippen LogP contribution in [0, 0.1) is 11.3 Å². The molecule has 0 N–H and O–H groups in total. The fourth-order valence-electron chi connectivity index (χ4n) is 1.62. The van der Waals surface area contributed by atoms with Gasteiger partial charge in [-0.15, -0.1) is 0 Å². The highest BCUT2D eigenvalue weighted by molar-refractivity contribution is 7.71. The molecule has 0 amide bonds. The molecule has 0 bridgehead atoms. The molecule has 1 saturated heterocycles. The highest BCUT2D eigenvalue weighted by atomic mass is 31.2. The molecule has 0 atom stereocenters. The predicted octanol–water partition coefficient (Wildman–Crippen LogP) is 3.22. The molecule has 0 aromatic heterocycles. The van der Waals surface area contributed by atoms with Gasteiger partial charge in [-0.25, -0.2) is 0 Å². The fourth-order valence-corrected chi connectivity index (χ4v) is 3.47. The lowest BCUT2D eigenvalue weighted by molar-refractivity contribution is -0.118. The molecule has 0 aromatic rings. The second-order valence-corrected chi connectivity index (χ2v) is 6.70. The third kappa shape index (κ3) is 2.55. The summed E-state index contributed by atoms with van der Waals surface area (Å²) in [7, 11) is -3.51. The molecular formula is C11H21O4P. The SMILES string of the molecule is CCC1(CC)COP(=O)(C(=O)C(C)C)OC1. The van der Waals surface area contributed by atoms with Crippen LogP contribution in [0.15, 0.2) is 0 Å². The first-order valence-corrected chi connectivity index (χ1v) is 7.37. The molecule has 1 heterocycles. The van der Waals surface area contributed by atoms with Crippen LogP contribution in [-0.2, 0) is 18.4 Å². The van der Waals surface area contributed by atoms with Crippen molar-refractivity contribution in [3.8, 4) is 0 Å². The molecule has 1 fully saturated rings. The van der Waals surface area contributed by atoms with Gasteiger partial charge in [-0.05, 0) is 12.8 Å². The van der Waals surface area contributed by atoms with Crippen molar-refractivity contribution in [1.82, 2.24) is 0 Å². The van der Waals surface area contributed by atoms with Gasteiger partial charge in [0, 0.05) is 11.3 Å². The average Bonchev–Trinajstić information content (AvgIpc) is 2.30. The van der Waals surface area contributed by atoms with Gasteiger partial charge in [0.1, 0.15) is 0 Å². The van der Waals surface area contributed by atoms with Crippen LogP contribution in [0.2, 0.25) is 0 Å². The first kappa shape index (κ1) is 13.9. The van der Waals surface area contributed by atoms with Crippen LogP contribution < -0.4 is 0 Å². The van der Waals surface area contributed by atoms with Crippen molar-refractivity contribution >= 4 is 13.1 Å². The summed E-state index contributed by atoms with van der Waals surface area (Å²) >= 11 is 0. The lowest BCUT2D eigenvalue weighted by Crippen LogP contribution is -2.36. The topological polar surface area (TPSA) is 52.6 Å². The maximum atomic E-state index is 12.1. The van der Waals surface area contributed by atoms with Crippen LogP contribution in [0.5, 0.6) is 0 Å². The summed E-state index contributed by atoms with van der Waals surface area (Å²) in [6.07, 6.45) is 1.80. The smallest absolute Gasteiger partial charge is 0.303 e. The lowest BCUT2D eigenvalue weighted by Gasteiger charge is -2.38. The number of rotatable bonds is 4. The maximum absolute atomic E-state index is 12.1. The second-order valence-electron chi connectivity index (χ2n) is 4.74. The van der Waals surface area contributed by atoms with E-state index in [1.54, 1.807) is 13.8 Å². The van der Waals surface area contributed by atoms with Crippen molar-refractivity contribution in [2.75, 3.05) is 13.2 Å². The monoisotopic (exact) mass is 248 g/mol. The van der Waals surface area contributed by atoms with Crippen molar-refractivity contribution in [3.63, 3.8) is 0 Å². The predicted molar refractivity (Wildman–Crippen MR) is 62.4 cm³/mol. The molecule has 1 aliphatic heterocycles. The van der Waals surface area contributed by atoms with Crippen molar-refractivity contribution < 1.29 is 18.4 Å². The zero-order valence-electron chi connectivity index (χ0n) is 10.5. The van der Waals surface area contributed by atoms with Gasteiger partial charge in [-0.3, -0.25) is 9.36 Å². The summed E-state index contributed by atoms with van der Waals surface area (Å²) in [6, 6.07) is 0. The molecule has 4 nitrogen and oxygen atoms in total. The summed E-state index contributed by atoms with van der Waals surface area (Å²) in [5, 5.41) is 0. The van der Waals surface area contributed by atoms with E-state index in [-0.39, 0.29) is 11.3 Å². The Kier molecular flexibility index (Phi) is 4.33. The molecule has 0 aliphatic carbocycles. The van der Waals surface area contributed by atoms with E-state index in [4.69, 9.17) is 9.05 Å². The van der Waals surface area contributed by atoms with Gasteiger partial charge >= 0.3 is 7.60 Å². The molecule has 1 rings (SSSR count). The minimum Gasteiger partial charge on any atom is -0.303 e. The Hall–Kier alpha value is -0.180. The van der Waals surface area contributed by atoms with Gasteiger partial charge in [0.2, 0.25) is 5.52 Å². The number of carbonyl (C=O) groups is 1. The van der Waals surface area contributed by atoms with Crippen LogP contribution in [0.3, 0.4) is 0 Å². The van der Waals surface area contributed by atoms with Crippen LogP contribution in [0.25, 0.3) is 0 Å². The number of hydrogen-bond donors (Lipinski definition) is 0. The molecular weight excluding hydrogens is 227 g/mol. The standard InChI is InChI=1S/C11H21O4P/c1-5-11(6-2)7-14-16(13,15-8-11)10(12)9(3)4/h9H,5-8H2,1-4H3. The first-order valence-electron chi connectivity index (χ1n) is 5.82. The molecule has 16 heavy (non-hydrogen) atoms. The molecule has 0 saturated carbocycles. The molecule has 0 radical (unpaired) electrons. The molecule has 94 valence electrons. The van der Waals surface area contributed by atoms with E-state index in [0.29, 0.717) is 13.2 Å². The van der Waals surface area contributed by atoms with Gasteiger partial charge in [0.15, 0.2) is 0 Å². The van der Waals surface area contributed by atoms with Crippen LogP contribution in [-0.4, -0.2) is 18.7 Å². The fraction of sp³-hybridized carbons (Fsp3) is 0.909. The van der Waals surface area contributed by atoms with E-state index < -0.39 is 13.1 Å². The molecule has 5 heteroatoms. The largest absolute Gasteiger partial charge is 0.397 e. The van der Waals surface area contributed by atoms with E-state index in [0.717, 1.165) is 12.8 Å². The first-order chi connectivity index (χ1) is 7.39. The molecule has 1 aliphatic rings. The Morgan fingerprint density at radius 1 is 1.25 bits per heavy atom. The van der Waals surface area contributed by atoms with E-state index in [2.05, 4.69) is 13.8 Å². The summed E-state index contributed by atoms with van der Waals surface area (Å²) in [5.41, 5.74) is -0.487. The second kappa shape index (κ2) is 4.99. The Morgan fingerprint density at radius 2 is 1.69 bits per heavy atom. The van der Waals surface area contributed by atoms with Gasteiger partial charge < -0.3 is 9.05 Å². The van der Waals surface area contributed by atoms with Crippen molar-refractivity contribution in [2.24, 2.45) is 11.3 Å². The van der Waals surface area contributed by atoms with Crippen LogP contribution in [0.4, 0.5) is 0 Å². The number of hydrogen-bond acceptors (Lipinski definition) is 4. The normalized spacial score (nSPS) is 23.3. The van der Waals surface area contributed by atoms with E-state index in [1.807, 2.05) is 0 Å². The zero-order chi connectivity index (χ0) is 12.4. The van der Waals surface area contributed by atoms with Crippen molar-refractivity contribution in [2.45, 2.75) is 40.5 Å². The van der Waals surface area contributed by atoms with Crippen molar-refractivity contribution in [1.29, 1.82) is 0 Å². The summed E-state index contributed by atoms with van der Waals surface area (Å²) < 4.78 is 22.6. The Bertz CT molecular complexity index is 293. The highest BCUT2D eigenvalue weighted by Crippen LogP contribution is 2.56. The Labute approximate surface area is 97.2 Å². The zero-order valence-corrected chi connectivity index (χ0v) is 11.4. The summed E-state index contributed by atoms with van der Waals surface area (Å²) in [4.78, 5) is 11.7. The molecule has 0 aromatic carbocycles. The minimum absolute atomic E-state index is 0.0782. The summed E-state index contributed by atoms with van der Waals surface area (Å²) in [6.45, 7) is 8.23. The van der Waals surface area contributed by atoms with Crippen molar-refractivity contribution in [3.05, 3.63) is 0 Å². The molecule has 0 spiro atoms. The maximum Gasteiger partial charge on any atom is 0.397 e. The van der Waals surface area contributed by atoms with Gasteiger partial charge in [0.25, 0.3) is 0 Å². The van der Waals surface area contributed by atoms with Crippen LogP contribution in [0.1, 0.15) is 40.5 Å². The van der Waals surface area contributed by atoms with E-state index in [9.17, 15) is 9.36 Å². The average molecular weight is 248 g/mol. The van der Waals surface area contributed by atoms with Gasteiger partial charge in [-0.2, -0.15) is 0 Å². The lowest BCUT2D eigenvalue weighted by atomic mass is 9.84. The minimum atomic E-state index is -3.51. The molecule has 0 unspecified atom stereocenters. The van der Waals surface area contributed by atoms with E-state index in [1.165, 1.54) is 0 Å². The third-order valence-corrected chi connectivity index (χ3v) is 5.34. The summed E-state index contributed by atoms with van der Waals surface area (Å²) in [5.74, 6) is -0.318. The van der Waals surface area contributed by atoms with Gasteiger partial charge in [0.05, 0.1) is 13.2 Å². The van der Waals surface area contributed by atoms with Gasteiger partial charge in [-0.1, -0.05) is 27.7 Å². The quantitative estimate of drug-likeness (QED) is 0.717. The highest BCUT2D eigenvalue weighted by Gasteiger charge is 2.45. The Balaban J connectivity index is 2.74. The van der Waals surface area contributed by atoms with E-state index >= 15 is 0 Å². The number of carbonyl (C=O) groups excluding carboxylic acids is 1. The Morgan fingerprint density at radius 3 is 2.00 bits per heavy atom.